The van der Waals surface area contributed by atoms with Crippen LogP contribution < -0.4 is 10.9 Å². The van der Waals surface area contributed by atoms with Crippen molar-refractivity contribution in [1.29, 1.82) is 0 Å². The first-order valence-electron chi connectivity index (χ1n) is 10.3. The van der Waals surface area contributed by atoms with Crippen molar-refractivity contribution in [2.24, 2.45) is 5.92 Å². The van der Waals surface area contributed by atoms with Gasteiger partial charge in [0, 0.05) is 55.5 Å². The van der Waals surface area contributed by atoms with Crippen molar-refractivity contribution in [2.75, 3.05) is 19.6 Å². The highest BCUT2D eigenvalue weighted by atomic mass is 16.2. The molecule has 1 saturated heterocycles. The van der Waals surface area contributed by atoms with E-state index in [1.54, 1.807) is 12.1 Å². The summed E-state index contributed by atoms with van der Waals surface area (Å²) in [6, 6.07) is 5.18. The lowest BCUT2D eigenvalue weighted by Crippen LogP contribution is -2.53. The number of pyridine rings is 1. The highest BCUT2D eigenvalue weighted by molar-refractivity contribution is 5.94. The van der Waals surface area contributed by atoms with Crippen LogP contribution in [-0.2, 0) is 17.6 Å². The zero-order chi connectivity index (χ0) is 20.1. The van der Waals surface area contributed by atoms with Gasteiger partial charge in [0.05, 0.1) is 6.04 Å². The summed E-state index contributed by atoms with van der Waals surface area (Å²) in [6.45, 7) is 3.04. The minimum absolute atomic E-state index is 0.0240. The van der Waals surface area contributed by atoms with Gasteiger partial charge in [0.25, 0.3) is 11.5 Å². The van der Waals surface area contributed by atoms with Gasteiger partial charge in [-0.15, -0.1) is 0 Å². The Morgan fingerprint density at radius 3 is 2.97 bits per heavy atom. The first kappa shape index (κ1) is 18.1. The number of aromatic nitrogens is 3. The molecule has 152 valence electrons. The molecule has 0 saturated carbocycles. The van der Waals surface area contributed by atoms with Gasteiger partial charge in [-0.1, -0.05) is 6.07 Å². The maximum atomic E-state index is 13.3. The molecule has 2 aliphatic heterocycles. The molecule has 1 aliphatic carbocycles. The van der Waals surface area contributed by atoms with Crippen molar-refractivity contribution >= 4 is 11.8 Å². The molecule has 0 aromatic carbocycles. The van der Waals surface area contributed by atoms with Crippen LogP contribution >= 0.6 is 0 Å². The highest BCUT2D eigenvalue weighted by Gasteiger charge is 2.42. The number of nitrogens with zero attached hydrogens (tertiary/aromatic N) is 3. The number of carbonyl (C=O) groups is 2. The van der Waals surface area contributed by atoms with Crippen molar-refractivity contribution in [1.82, 2.24) is 25.0 Å². The topological polar surface area (TPSA) is 100 Å². The Morgan fingerprint density at radius 2 is 2.14 bits per heavy atom. The largest absolute Gasteiger partial charge is 0.354 e. The Balaban J connectivity index is 1.48. The molecule has 2 bridgehead atoms. The van der Waals surface area contributed by atoms with E-state index in [-0.39, 0.29) is 35.3 Å². The summed E-state index contributed by atoms with van der Waals surface area (Å²) in [5.74, 6) is 0.0916. The van der Waals surface area contributed by atoms with Gasteiger partial charge in [0.2, 0.25) is 5.91 Å². The minimum atomic E-state index is -0.153. The number of amides is 2. The van der Waals surface area contributed by atoms with Crippen LogP contribution in [0.2, 0.25) is 0 Å². The first-order valence-corrected chi connectivity index (χ1v) is 10.3. The van der Waals surface area contributed by atoms with Crippen molar-refractivity contribution in [2.45, 2.75) is 44.6 Å². The second kappa shape index (κ2) is 6.86. The monoisotopic (exact) mass is 395 g/mol. The molecule has 2 aromatic heterocycles. The number of piperidine rings is 1. The molecule has 0 unspecified atom stereocenters. The van der Waals surface area contributed by atoms with Crippen molar-refractivity contribution in [3.05, 3.63) is 51.2 Å². The summed E-state index contributed by atoms with van der Waals surface area (Å²) in [7, 11) is 0. The highest BCUT2D eigenvalue weighted by Crippen LogP contribution is 2.41. The zero-order valence-corrected chi connectivity index (χ0v) is 16.5. The van der Waals surface area contributed by atoms with Crippen LogP contribution in [0, 0.1) is 5.92 Å². The Bertz CT molecular complexity index is 1040. The van der Waals surface area contributed by atoms with E-state index < -0.39 is 0 Å². The van der Waals surface area contributed by atoms with Crippen LogP contribution in [0.25, 0.3) is 0 Å². The molecule has 8 nitrogen and oxygen atoms in total. The van der Waals surface area contributed by atoms with Crippen LogP contribution in [0.4, 0.5) is 0 Å². The second-order valence-electron chi connectivity index (χ2n) is 8.45. The van der Waals surface area contributed by atoms with E-state index in [9.17, 15) is 14.4 Å². The van der Waals surface area contributed by atoms with Crippen LogP contribution in [-0.4, -0.2) is 51.1 Å². The fourth-order valence-corrected chi connectivity index (χ4v) is 5.36. The molecule has 5 rings (SSSR count). The maximum absolute atomic E-state index is 13.3. The molecule has 0 radical (unpaired) electrons. The Hall–Kier alpha value is -2.90. The van der Waals surface area contributed by atoms with E-state index in [0.717, 1.165) is 42.6 Å². The fourth-order valence-electron chi connectivity index (χ4n) is 5.36. The molecule has 2 amide bonds. The molecular weight excluding hydrogens is 370 g/mol. The first-order chi connectivity index (χ1) is 14.0. The van der Waals surface area contributed by atoms with Crippen LogP contribution in [0.5, 0.6) is 0 Å². The lowest BCUT2D eigenvalue weighted by Gasteiger charge is -2.46. The average Bonchev–Trinajstić information content (AvgIpc) is 3.31. The number of aromatic amines is 1. The number of fused-ring (bicyclic) bond motifs is 5. The predicted molar refractivity (Wildman–Crippen MR) is 106 cm³/mol. The van der Waals surface area contributed by atoms with Gasteiger partial charge in [-0.05, 0) is 37.7 Å². The number of hydrogen-bond acceptors (Lipinski definition) is 4. The van der Waals surface area contributed by atoms with Gasteiger partial charge < -0.3 is 14.8 Å². The van der Waals surface area contributed by atoms with Gasteiger partial charge >= 0.3 is 0 Å². The molecule has 1 fully saturated rings. The average molecular weight is 395 g/mol. The van der Waals surface area contributed by atoms with Crippen molar-refractivity contribution in [3.63, 3.8) is 0 Å². The minimum Gasteiger partial charge on any atom is -0.354 e. The molecule has 2 N–H and O–H groups in total. The van der Waals surface area contributed by atoms with E-state index >= 15 is 0 Å². The SMILES string of the molecule is CC(=O)NC[C@H]1[C@H]2C[C@H](CN(C(=O)c3n[nH]c4c3CCC4)C2)c2cccc(=O)n21. The third-order valence-electron chi connectivity index (χ3n) is 6.65. The Kier molecular flexibility index (Phi) is 4.29. The Labute approximate surface area is 168 Å². The molecular formula is C21H25N5O3. The van der Waals surface area contributed by atoms with Crippen molar-refractivity contribution < 1.29 is 9.59 Å². The number of hydrogen-bond donors (Lipinski definition) is 2. The molecule has 8 heteroatoms. The molecule has 0 spiro atoms. The summed E-state index contributed by atoms with van der Waals surface area (Å²) >= 11 is 0. The fraction of sp³-hybridized carbons (Fsp3) is 0.524. The normalized spacial score (nSPS) is 24.7. The number of H-pyrrole nitrogens is 1. The standard InChI is InChI=1S/C21H25N5O3/c1-12(27)22-9-18-14-8-13(17-6-3-7-19(28)26(17)18)10-25(11-14)21(29)20-15-4-2-5-16(15)23-24-20/h3,6-7,13-14,18H,2,4-5,8-11H2,1H3,(H,22,27)(H,23,24)/t13-,14+,18+/m1/s1. The van der Waals surface area contributed by atoms with Crippen molar-refractivity contribution in [3.8, 4) is 0 Å². The lowest BCUT2D eigenvalue weighted by atomic mass is 9.78. The van der Waals surface area contributed by atoms with Gasteiger partial charge in [0.1, 0.15) is 0 Å². The number of carbonyl (C=O) groups excluding carboxylic acids is 2. The molecule has 29 heavy (non-hydrogen) atoms. The quantitative estimate of drug-likeness (QED) is 0.810. The number of likely N-dealkylation sites (tertiary alicyclic amines) is 1. The van der Waals surface area contributed by atoms with Gasteiger partial charge in [-0.2, -0.15) is 5.10 Å². The van der Waals surface area contributed by atoms with Crippen LogP contribution in [0.1, 0.15) is 59.2 Å². The van der Waals surface area contributed by atoms with E-state index in [0.29, 0.717) is 25.3 Å². The third-order valence-corrected chi connectivity index (χ3v) is 6.65. The molecule has 3 aliphatic rings. The number of rotatable bonds is 3. The molecule has 2 aromatic rings. The van der Waals surface area contributed by atoms with Gasteiger partial charge in [-0.3, -0.25) is 19.5 Å². The van der Waals surface area contributed by atoms with Crippen LogP contribution in [0.3, 0.4) is 0 Å². The van der Waals surface area contributed by atoms with E-state index in [1.165, 1.54) is 6.92 Å². The molecule has 3 atom stereocenters. The van der Waals surface area contributed by atoms with E-state index in [2.05, 4.69) is 15.5 Å². The number of aryl methyl sites for hydroxylation is 1. The number of nitrogens with one attached hydrogen (secondary N) is 2. The summed E-state index contributed by atoms with van der Waals surface area (Å²) in [6.07, 6.45) is 3.83. The second-order valence-corrected chi connectivity index (χ2v) is 8.45. The van der Waals surface area contributed by atoms with Gasteiger partial charge in [-0.25, -0.2) is 0 Å². The zero-order valence-electron chi connectivity index (χ0n) is 16.5. The molecule has 4 heterocycles. The summed E-state index contributed by atoms with van der Waals surface area (Å²) in [5, 5.41) is 10.2. The predicted octanol–water partition coefficient (Wildman–Crippen LogP) is 0.997. The summed E-state index contributed by atoms with van der Waals surface area (Å²) < 4.78 is 1.84. The smallest absolute Gasteiger partial charge is 0.274 e. The van der Waals surface area contributed by atoms with Crippen LogP contribution in [0.15, 0.2) is 23.0 Å². The maximum Gasteiger partial charge on any atom is 0.274 e. The van der Waals surface area contributed by atoms with E-state index in [4.69, 9.17) is 0 Å². The lowest BCUT2D eigenvalue weighted by molar-refractivity contribution is -0.119. The van der Waals surface area contributed by atoms with E-state index in [1.807, 2.05) is 15.5 Å². The third kappa shape index (κ3) is 2.97. The Morgan fingerprint density at radius 1 is 1.28 bits per heavy atom. The summed E-state index contributed by atoms with van der Waals surface area (Å²) in [5.41, 5.74) is 3.62. The van der Waals surface area contributed by atoms with Gasteiger partial charge in [0.15, 0.2) is 5.69 Å². The summed E-state index contributed by atoms with van der Waals surface area (Å²) in [4.78, 5) is 39.4.